The molecule has 1 aliphatic rings. The lowest BCUT2D eigenvalue weighted by molar-refractivity contribution is 0.0445. The van der Waals surface area contributed by atoms with E-state index in [-0.39, 0.29) is 11.9 Å². The van der Waals surface area contributed by atoms with E-state index in [1.165, 1.54) is 11.3 Å². The van der Waals surface area contributed by atoms with Gasteiger partial charge in [0.2, 0.25) is 0 Å². The number of nitrogens with one attached hydrogen (secondary N) is 1. The van der Waals surface area contributed by atoms with Crippen molar-refractivity contribution in [3.63, 3.8) is 0 Å². The molecule has 1 amide bonds. The van der Waals surface area contributed by atoms with Crippen molar-refractivity contribution in [3.05, 3.63) is 34.2 Å². The van der Waals surface area contributed by atoms with Crippen molar-refractivity contribution >= 4 is 23.1 Å². The van der Waals surface area contributed by atoms with Crippen LogP contribution < -0.4 is 5.32 Å². The third kappa shape index (κ3) is 2.24. The summed E-state index contributed by atoms with van der Waals surface area (Å²) in [6, 6.07) is 1.93. The van der Waals surface area contributed by atoms with E-state index in [0.717, 1.165) is 24.5 Å². The van der Waals surface area contributed by atoms with Crippen LogP contribution in [0.2, 0.25) is 0 Å². The van der Waals surface area contributed by atoms with Gasteiger partial charge in [-0.1, -0.05) is 0 Å². The summed E-state index contributed by atoms with van der Waals surface area (Å²) in [5.74, 6) is 1.46. The smallest absolute Gasteiger partial charge is 0.273 e. The first-order valence-corrected chi connectivity index (χ1v) is 7.36. The molecule has 0 spiro atoms. The third-order valence-electron chi connectivity index (χ3n) is 3.39. The van der Waals surface area contributed by atoms with Crippen LogP contribution in [-0.2, 0) is 0 Å². The normalized spacial score (nSPS) is 17.7. The van der Waals surface area contributed by atoms with E-state index in [9.17, 15) is 4.79 Å². The number of anilines is 1. The number of aromatic nitrogens is 3. The first-order chi connectivity index (χ1) is 9.69. The molecule has 1 unspecified atom stereocenters. The molecule has 0 radical (unpaired) electrons. The van der Waals surface area contributed by atoms with E-state index in [4.69, 9.17) is 0 Å². The predicted molar refractivity (Wildman–Crippen MR) is 76.8 cm³/mol. The molecule has 0 aliphatic carbocycles. The Morgan fingerprint density at radius 2 is 2.35 bits per heavy atom. The fourth-order valence-corrected chi connectivity index (χ4v) is 2.82. The van der Waals surface area contributed by atoms with Gasteiger partial charge in [0.25, 0.3) is 5.91 Å². The molecule has 1 N–H and O–H groups in total. The molecule has 1 saturated heterocycles. The van der Waals surface area contributed by atoms with Gasteiger partial charge in [0.1, 0.15) is 17.3 Å². The van der Waals surface area contributed by atoms with Crippen LogP contribution in [0.1, 0.15) is 34.5 Å². The Kier molecular flexibility index (Phi) is 3.35. The first kappa shape index (κ1) is 13.0. The summed E-state index contributed by atoms with van der Waals surface area (Å²) in [6.07, 6.45) is 0.926. The summed E-state index contributed by atoms with van der Waals surface area (Å²) in [5.41, 5.74) is 3.08. The van der Waals surface area contributed by atoms with Crippen LogP contribution in [0, 0.1) is 6.92 Å². The summed E-state index contributed by atoms with van der Waals surface area (Å²) < 4.78 is 0. The molecule has 20 heavy (non-hydrogen) atoms. The Hall–Kier alpha value is -2.02. The molecule has 0 aromatic carbocycles. The summed E-state index contributed by atoms with van der Waals surface area (Å²) in [6.45, 7) is 2.61. The zero-order chi connectivity index (χ0) is 14.1. The fraction of sp³-hybridized carbons (Fsp3) is 0.385. The van der Waals surface area contributed by atoms with Gasteiger partial charge >= 0.3 is 0 Å². The molecule has 1 fully saturated rings. The Balaban J connectivity index is 1.84. The van der Waals surface area contributed by atoms with E-state index in [1.807, 2.05) is 24.9 Å². The van der Waals surface area contributed by atoms with Gasteiger partial charge in [0.15, 0.2) is 0 Å². The second-order valence-electron chi connectivity index (χ2n) is 4.65. The van der Waals surface area contributed by atoms with Crippen LogP contribution in [0.3, 0.4) is 0 Å². The topological polar surface area (TPSA) is 71.0 Å². The number of carbonyl (C=O) groups is 1. The van der Waals surface area contributed by atoms with Gasteiger partial charge in [0, 0.05) is 25.0 Å². The number of amides is 1. The highest BCUT2D eigenvalue weighted by Gasteiger charge is 2.35. The van der Waals surface area contributed by atoms with Crippen molar-refractivity contribution in [2.24, 2.45) is 0 Å². The lowest BCUT2D eigenvalue weighted by Crippen LogP contribution is -2.45. The highest BCUT2D eigenvalue weighted by molar-refractivity contribution is 7.07. The molecular formula is C13H15N5OS. The van der Waals surface area contributed by atoms with Crippen LogP contribution in [0.25, 0.3) is 0 Å². The molecule has 0 saturated carbocycles. The largest absolute Gasteiger partial charge is 0.373 e. The van der Waals surface area contributed by atoms with Gasteiger partial charge in [-0.05, 0) is 13.3 Å². The van der Waals surface area contributed by atoms with Crippen LogP contribution in [0.4, 0.5) is 5.82 Å². The second-order valence-corrected chi connectivity index (χ2v) is 5.37. The minimum absolute atomic E-state index is 0.0234. The van der Waals surface area contributed by atoms with Gasteiger partial charge in [0.05, 0.1) is 17.2 Å². The van der Waals surface area contributed by atoms with Crippen molar-refractivity contribution in [1.29, 1.82) is 0 Å². The summed E-state index contributed by atoms with van der Waals surface area (Å²) in [4.78, 5) is 27.0. The lowest BCUT2D eigenvalue weighted by atomic mass is 9.98. The highest BCUT2D eigenvalue weighted by atomic mass is 32.1. The number of carbonyl (C=O) groups excluding carboxylic acids is 1. The average molecular weight is 289 g/mol. The van der Waals surface area contributed by atoms with E-state index >= 15 is 0 Å². The number of hydrogen-bond acceptors (Lipinski definition) is 6. The molecule has 2 aromatic heterocycles. The summed E-state index contributed by atoms with van der Waals surface area (Å²) in [5, 5.41) is 4.80. The standard InChI is InChI=1S/C13H15N5OS/c1-8-16-9(5-12(14-2)17-8)11-3-4-18(11)13(19)10-6-20-7-15-10/h5-7,11H,3-4H2,1-2H3,(H,14,16,17). The molecular weight excluding hydrogens is 274 g/mol. The predicted octanol–water partition coefficient (Wildman–Crippen LogP) is 1.87. The van der Waals surface area contributed by atoms with E-state index in [2.05, 4.69) is 20.3 Å². The molecule has 3 rings (SSSR count). The SMILES string of the molecule is CNc1cc(C2CCN2C(=O)c2cscn2)nc(C)n1. The number of rotatable bonds is 3. The van der Waals surface area contributed by atoms with E-state index in [1.54, 1.807) is 10.9 Å². The number of nitrogens with zero attached hydrogens (tertiary/aromatic N) is 4. The molecule has 0 bridgehead atoms. The van der Waals surface area contributed by atoms with Crippen LogP contribution in [0.15, 0.2) is 17.0 Å². The van der Waals surface area contributed by atoms with Gasteiger partial charge in [-0.25, -0.2) is 15.0 Å². The minimum Gasteiger partial charge on any atom is -0.373 e. The van der Waals surface area contributed by atoms with Crippen molar-refractivity contribution in [3.8, 4) is 0 Å². The highest BCUT2D eigenvalue weighted by Crippen LogP contribution is 2.34. The Morgan fingerprint density at radius 1 is 1.50 bits per heavy atom. The number of aryl methyl sites for hydroxylation is 1. The number of hydrogen-bond donors (Lipinski definition) is 1. The van der Waals surface area contributed by atoms with Crippen LogP contribution >= 0.6 is 11.3 Å². The van der Waals surface area contributed by atoms with Gasteiger partial charge < -0.3 is 10.2 Å². The maximum Gasteiger partial charge on any atom is 0.273 e. The maximum absolute atomic E-state index is 12.3. The zero-order valence-electron chi connectivity index (χ0n) is 11.3. The lowest BCUT2D eigenvalue weighted by Gasteiger charge is -2.40. The Morgan fingerprint density at radius 3 is 2.95 bits per heavy atom. The van der Waals surface area contributed by atoms with Crippen molar-refractivity contribution in [1.82, 2.24) is 19.9 Å². The molecule has 7 heteroatoms. The van der Waals surface area contributed by atoms with Crippen LogP contribution in [0.5, 0.6) is 0 Å². The van der Waals surface area contributed by atoms with Gasteiger partial charge in [-0.3, -0.25) is 4.79 Å². The fourth-order valence-electron chi connectivity index (χ4n) is 2.29. The quantitative estimate of drug-likeness (QED) is 0.934. The van der Waals surface area contributed by atoms with Crippen molar-refractivity contribution < 1.29 is 4.79 Å². The molecule has 3 heterocycles. The van der Waals surface area contributed by atoms with E-state index in [0.29, 0.717) is 11.5 Å². The zero-order valence-corrected chi connectivity index (χ0v) is 12.1. The van der Waals surface area contributed by atoms with E-state index < -0.39 is 0 Å². The molecule has 1 atom stereocenters. The maximum atomic E-state index is 12.3. The molecule has 104 valence electrons. The number of likely N-dealkylation sites (tertiary alicyclic amines) is 1. The molecule has 1 aliphatic heterocycles. The summed E-state index contributed by atoms with van der Waals surface area (Å²) in [7, 11) is 1.82. The Bertz CT molecular complexity index is 628. The summed E-state index contributed by atoms with van der Waals surface area (Å²) >= 11 is 1.43. The monoisotopic (exact) mass is 289 g/mol. The average Bonchev–Trinajstić information content (AvgIpc) is 2.90. The van der Waals surface area contributed by atoms with Crippen LogP contribution in [-0.4, -0.2) is 39.4 Å². The first-order valence-electron chi connectivity index (χ1n) is 6.41. The molecule has 6 nitrogen and oxygen atoms in total. The molecule has 2 aromatic rings. The van der Waals surface area contributed by atoms with Crippen molar-refractivity contribution in [2.45, 2.75) is 19.4 Å². The van der Waals surface area contributed by atoms with Crippen molar-refractivity contribution in [2.75, 3.05) is 18.9 Å². The van der Waals surface area contributed by atoms with Gasteiger partial charge in [-0.15, -0.1) is 11.3 Å². The van der Waals surface area contributed by atoms with Gasteiger partial charge in [-0.2, -0.15) is 0 Å². The Labute approximate surface area is 120 Å². The minimum atomic E-state index is -0.0234. The number of thiazole rings is 1. The second kappa shape index (κ2) is 5.16. The third-order valence-corrected chi connectivity index (χ3v) is 3.97.